The fourth-order valence-electron chi connectivity index (χ4n) is 1.58. The molecule has 0 radical (unpaired) electrons. The highest BCUT2D eigenvalue weighted by molar-refractivity contribution is 9.10. The molecule has 1 aliphatic heterocycles. The zero-order valence-corrected chi connectivity index (χ0v) is 11.0. The summed E-state index contributed by atoms with van der Waals surface area (Å²) in [4.78, 5) is 6.86. The van der Waals surface area contributed by atoms with E-state index in [1.165, 1.54) is 0 Å². The van der Waals surface area contributed by atoms with E-state index >= 15 is 0 Å². The van der Waals surface area contributed by atoms with Crippen molar-refractivity contribution in [1.29, 1.82) is 0 Å². The Morgan fingerprint density at radius 1 is 1.62 bits per heavy atom. The molecule has 1 fully saturated rings. The minimum Gasteiger partial charge on any atom is -0.391 e. The first-order chi connectivity index (χ1) is 7.66. The van der Waals surface area contributed by atoms with Crippen molar-refractivity contribution in [2.45, 2.75) is 6.10 Å². The number of hydrogen-bond donors (Lipinski definition) is 1. The fraction of sp³-hybridized carbons (Fsp3) is 0.400. The molecule has 0 bridgehead atoms. The molecule has 1 unspecified atom stereocenters. The first-order valence-corrected chi connectivity index (χ1v) is 6.14. The average Bonchev–Trinajstić information content (AvgIpc) is 2.30. The maximum atomic E-state index is 5.58. The molecule has 0 amide bonds. The van der Waals surface area contributed by atoms with Crippen molar-refractivity contribution >= 4 is 39.0 Å². The first kappa shape index (κ1) is 11.8. The van der Waals surface area contributed by atoms with Gasteiger partial charge in [0.1, 0.15) is 16.9 Å². The second-order valence-corrected chi connectivity index (χ2v) is 4.93. The maximum Gasteiger partial charge on any atom is 0.128 e. The number of thiocarbonyl (C=S) groups is 1. The molecule has 1 atom stereocenters. The predicted molar refractivity (Wildman–Crippen MR) is 70.7 cm³/mol. The Hall–Kier alpha value is -0.720. The van der Waals surface area contributed by atoms with Gasteiger partial charge in [-0.25, -0.2) is 4.98 Å². The van der Waals surface area contributed by atoms with Crippen molar-refractivity contribution in [3.8, 4) is 0 Å². The third kappa shape index (κ3) is 2.69. The van der Waals surface area contributed by atoms with Crippen LogP contribution in [0.2, 0.25) is 0 Å². The molecule has 6 heteroatoms. The molecular formula is C10H12BrN3OS. The van der Waals surface area contributed by atoms with Gasteiger partial charge < -0.3 is 15.4 Å². The highest BCUT2D eigenvalue weighted by Crippen LogP contribution is 2.17. The first-order valence-electron chi connectivity index (χ1n) is 4.94. The molecule has 1 saturated heterocycles. The summed E-state index contributed by atoms with van der Waals surface area (Å²) in [5.41, 5.74) is 5.58. The molecule has 2 heterocycles. The lowest BCUT2D eigenvalue weighted by atomic mass is 10.2. The summed E-state index contributed by atoms with van der Waals surface area (Å²) < 4.78 is 6.44. The molecule has 4 nitrogen and oxygen atoms in total. The van der Waals surface area contributed by atoms with Gasteiger partial charge in [-0.15, -0.1) is 0 Å². The summed E-state index contributed by atoms with van der Waals surface area (Å²) in [7, 11) is 0. The van der Waals surface area contributed by atoms with Gasteiger partial charge >= 0.3 is 0 Å². The van der Waals surface area contributed by atoms with E-state index in [-0.39, 0.29) is 6.10 Å². The van der Waals surface area contributed by atoms with Crippen molar-refractivity contribution < 1.29 is 4.74 Å². The molecule has 1 aliphatic rings. The van der Waals surface area contributed by atoms with Crippen molar-refractivity contribution in [3.05, 3.63) is 22.8 Å². The Morgan fingerprint density at radius 2 is 2.44 bits per heavy atom. The van der Waals surface area contributed by atoms with Crippen LogP contribution in [-0.4, -0.2) is 35.8 Å². The van der Waals surface area contributed by atoms with Crippen molar-refractivity contribution in [3.63, 3.8) is 0 Å². The summed E-state index contributed by atoms with van der Waals surface area (Å²) in [6.45, 7) is 2.11. The summed E-state index contributed by atoms with van der Waals surface area (Å²) in [5.74, 6) is 0.924. The van der Waals surface area contributed by atoms with Gasteiger partial charge in [0.15, 0.2) is 0 Å². The molecule has 0 saturated carbocycles. The molecule has 0 aliphatic carbocycles. The van der Waals surface area contributed by atoms with E-state index in [2.05, 4.69) is 25.8 Å². The molecule has 2 N–H and O–H groups in total. The number of halogens is 1. The van der Waals surface area contributed by atoms with Crippen molar-refractivity contribution in [1.82, 2.24) is 4.98 Å². The monoisotopic (exact) mass is 301 g/mol. The van der Waals surface area contributed by atoms with Gasteiger partial charge in [-0.1, -0.05) is 12.2 Å². The van der Waals surface area contributed by atoms with Crippen LogP contribution in [0.25, 0.3) is 0 Å². The van der Waals surface area contributed by atoms with E-state index in [0.717, 1.165) is 16.8 Å². The Labute approximate surface area is 108 Å². The van der Waals surface area contributed by atoms with Gasteiger partial charge in [0.05, 0.1) is 13.2 Å². The molecule has 0 aromatic carbocycles. The number of pyridine rings is 1. The van der Waals surface area contributed by atoms with Crippen molar-refractivity contribution in [2.75, 3.05) is 24.6 Å². The standard InChI is InChI=1S/C10H12BrN3OS/c11-7-1-2-9(13-5-7)14-3-4-15-8(6-14)10(12)16/h1-2,5,8H,3-4,6H2,(H2,12,16). The number of morpholine rings is 1. The molecule has 2 rings (SSSR count). The largest absolute Gasteiger partial charge is 0.391 e. The highest BCUT2D eigenvalue weighted by Gasteiger charge is 2.23. The average molecular weight is 302 g/mol. The van der Waals surface area contributed by atoms with Gasteiger partial charge in [0.25, 0.3) is 0 Å². The number of aromatic nitrogens is 1. The van der Waals surface area contributed by atoms with Crippen molar-refractivity contribution in [2.24, 2.45) is 5.73 Å². The van der Waals surface area contributed by atoms with E-state index in [4.69, 9.17) is 22.7 Å². The topological polar surface area (TPSA) is 51.4 Å². The van der Waals surface area contributed by atoms with Crippen LogP contribution in [0.15, 0.2) is 22.8 Å². The molecular weight excluding hydrogens is 290 g/mol. The van der Waals surface area contributed by atoms with Crippen LogP contribution in [0.1, 0.15) is 0 Å². The predicted octanol–water partition coefficient (Wildman–Crippen LogP) is 1.34. The molecule has 1 aromatic heterocycles. The maximum absolute atomic E-state index is 5.58. The van der Waals surface area contributed by atoms with Gasteiger partial charge in [0, 0.05) is 17.2 Å². The van der Waals surface area contributed by atoms with E-state index in [1.807, 2.05) is 12.1 Å². The lowest BCUT2D eigenvalue weighted by Gasteiger charge is -2.33. The van der Waals surface area contributed by atoms with Gasteiger partial charge in [0.2, 0.25) is 0 Å². The van der Waals surface area contributed by atoms with E-state index in [9.17, 15) is 0 Å². The fourth-order valence-corrected chi connectivity index (χ4v) is 1.96. The normalized spacial score (nSPS) is 20.8. The van der Waals surface area contributed by atoms with Gasteiger partial charge in [-0.2, -0.15) is 0 Å². The summed E-state index contributed by atoms with van der Waals surface area (Å²) >= 11 is 8.30. The van der Waals surface area contributed by atoms with Crippen LogP contribution in [-0.2, 0) is 4.74 Å². The van der Waals surface area contributed by atoms with Gasteiger partial charge in [-0.05, 0) is 28.1 Å². The molecule has 0 spiro atoms. The van der Waals surface area contributed by atoms with Crippen LogP contribution in [0.3, 0.4) is 0 Å². The number of nitrogens with zero attached hydrogens (tertiary/aromatic N) is 2. The third-order valence-electron chi connectivity index (χ3n) is 2.42. The minimum atomic E-state index is -0.172. The van der Waals surface area contributed by atoms with E-state index in [0.29, 0.717) is 18.1 Å². The Morgan fingerprint density at radius 3 is 3.06 bits per heavy atom. The molecule has 86 valence electrons. The number of nitrogens with two attached hydrogens (primary N) is 1. The number of hydrogen-bond acceptors (Lipinski definition) is 4. The third-order valence-corrected chi connectivity index (χ3v) is 3.15. The summed E-state index contributed by atoms with van der Waals surface area (Å²) in [5, 5.41) is 0. The molecule has 1 aromatic rings. The van der Waals surface area contributed by atoms with Crippen LogP contribution in [0.4, 0.5) is 5.82 Å². The number of rotatable bonds is 2. The van der Waals surface area contributed by atoms with Crippen LogP contribution in [0, 0.1) is 0 Å². The lowest BCUT2D eigenvalue weighted by molar-refractivity contribution is 0.0844. The molecule has 16 heavy (non-hydrogen) atoms. The Kier molecular flexibility index (Phi) is 3.73. The quantitative estimate of drug-likeness (QED) is 0.836. The number of ether oxygens (including phenoxy) is 1. The zero-order chi connectivity index (χ0) is 11.5. The Balaban J connectivity index is 2.09. The van der Waals surface area contributed by atoms with Crippen LogP contribution < -0.4 is 10.6 Å². The number of anilines is 1. The lowest BCUT2D eigenvalue weighted by Crippen LogP contribution is -2.48. The smallest absolute Gasteiger partial charge is 0.128 e. The van der Waals surface area contributed by atoms with Gasteiger partial charge in [-0.3, -0.25) is 0 Å². The Bertz CT molecular complexity index is 384. The summed E-state index contributed by atoms with van der Waals surface area (Å²) in [6, 6.07) is 3.93. The minimum absolute atomic E-state index is 0.172. The highest BCUT2D eigenvalue weighted by atomic mass is 79.9. The summed E-state index contributed by atoms with van der Waals surface area (Å²) in [6.07, 6.45) is 1.61. The second-order valence-electron chi connectivity index (χ2n) is 3.54. The van der Waals surface area contributed by atoms with E-state index in [1.54, 1.807) is 6.20 Å². The van der Waals surface area contributed by atoms with Crippen LogP contribution in [0.5, 0.6) is 0 Å². The second kappa shape index (κ2) is 5.07. The van der Waals surface area contributed by atoms with Crippen LogP contribution >= 0.6 is 28.1 Å². The zero-order valence-electron chi connectivity index (χ0n) is 8.60. The SMILES string of the molecule is NC(=S)C1CN(c2ccc(Br)cn2)CCO1. The van der Waals surface area contributed by atoms with E-state index < -0.39 is 0 Å².